The van der Waals surface area contributed by atoms with E-state index in [0.29, 0.717) is 32.1 Å². The first-order valence-corrected chi connectivity index (χ1v) is 43.1. The molecule has 0 aromatic carbocycles. The summed E-state index contributed by atoms with van der Waals surface area (Å²) in [5.41, 5.74) is 0. The molecule has 588 valence electrons. The summed E-state index contributed by atoms with van der Waals surface area (Å²) >= 11 is 0. The predicted molar refractivity (Wildman–Crippen MR) is 418 cm³/mol. The highest BCUT2D eigenvalue weighted by molar-refractivity contribution is 7.47. The lowest BCUT2D eigenvalue weighted by molar-refractivity contribution is -0.161. The highest BCUT2D eigenvalue weighted by Crippen LogP contribution is 2.45. The first-order valence-electron chi connectivity index (χ1n) is 40.1. The van der Waals surface area contributed by atoms with Crippen molar-refractivity contribution in [2.24, 2.45) is 0 Å². The quantitative estimate of drug-likeness (QED) is 0.0169. The molecule has 0 amide bonds. The van der Waals surface area contributed by atoms with Gasteiger partial charge in [-0.15, -0.1) is 0 Å². The van der Waals surface area contributed by atoms with Crippen LogP contribution in [0.25, 0.3) is 0 Å². The number of esters is 4. The number of rotatable bonds is 75. The van der Waals surface area contributed by atoms with Crippen molar-refractivity contribution in [2.75, 3.05) is 39.6 Å². The average Bonchev–Trinajstić information content (AvgIpc) is 0.923. The SMILES string of the molecule is CC/C=C\C/C=C\C/C=C\C/C=C\C/C=C\CCCC(=O)OCC(COP(=O)(O)OCC(O)COP(=O)(O)OCC(COC(=O)CCCCCCC/C=C\C/C=C\CCCCC)OC(=O)CCCCCCC/C=C\C/C=C\CCCCC)OC(=O)CCCCCCCCCCCCCCCCC. The fourth-order valence-corrected chi connectivity index (χ4v) is 12.2. The van der Waals surface area contributed by atoms with Crippen molar-refractivity contribution in [1.29, 1.82) is 0 Å². The second kappa shape index (κ2) is 75.0. The van der Waals surface area contributed by atoms with Gasteiger partial charge in [0, 0.05) is 25.7 Å². The number of hydrogen-bond donors (Lipinski definition) is 3. The van der Waals surface area contributed by atoms with E-state index in [0.717, 1.165) is 148 Å². The smallest absolute Gasteiger partial charge is 0.462 e. The fourth-order valence-electron chi connectivity index (χ4n) is 10.6. The molecular formula is C83H144O17P2. The summed E-state index contributed by atoms with van der Waals surface area (Å²) in [5, 5.41) is 10.6. The number of hydrogen-bond acceptors (Lipinski definition) is 15. The molecule has 0 aliphatic heterocycles. The Hall–Kier alpha value is -4.28. The van der Waals surface area contributed by atoms with Crippen LogP contribution in [0.4, 0.5) is 0 Å². The van der Waals surface area contributed by atoms with Crippen molar-refractivity contribution in [3.8, 4) is 0 Å². The molecule has 0 saturated carbocycles. The Morgan fingerprint density at radius 2 is 0.520 bits per heavy atom. The largest absolute Gasteiger partial charge is 0.472 e. The lowest BCUT2D eigenvalue weighted by Gasteiger charge is -2.21. The van der Waals surface area contributed by atoms with Gasteiger partial charge in [0.25, 0.3) is 0 Å². The molecule has 0 spiro atoms. The predicted octanol–water partition coefficient (Wildman–Crippen LogP) is 23.3. The molecule has 0 bridgehead atoms. The Labute approximate surface area is 619 Å². The van der Waals surface area contributed by atoms with E-state index in [1.807, 2.05) is 12.2 Å². The monoisotopic (exact) mass is 1470 g/mol. The zero-order valence-electron chi connectivity index (χ0n) is 64.3. The first kappa shape index (κ1) is 97.7. The average molecular weight is 1480 g/mol. The number of aliphatic hydroxyl groups is 1. The Morgan fingerprint density at radius 1 is 0.284 bits per heavy atom. The van der Waals surface area contributed by atoms with Crippen LogP contribution in [0.2, 0.25) is 0 Å². The maximum atomic E-state index is 13.1. The summed E-state index contributed by atoms with van der Waals surface area (Å²) in [5.74, 6) is -2.26. The molecule has 5 atom stereocenters. The van der Waals surface area contributed by atoms with Crippen LogP contribution in [-0.4, -0.2) is 96.7 Å². The molecule has 5 unspecified atom stereocenters. The highest BCUT2D eigenvalue weighted by atomic mass is 31.2. The standard InChI is InChI=1S/C83H144O17P2/c1-5-9-13-17-21-25-29-33-37-38-42-44-48-52-56-60-64-68-81(86)94-74-79(100-83(88)70-66-62-58-54-50-46-41-36-32-28-24-20-16-12-8-4)76-98-102(91,92)96-72-77(84)71-95-101(89,90)97-75-78(99-82(87)69-65-61-57-53-49-45-40-35-31-27-23-19-15-11-7-3)73-93-80(85)67-63-59-55-51-47-43-39-34-30-26-22-18-14-10-6-2/h9,13,21-23,25-27,33-35,37,39-40,42,44,52,56,77-79,84H,5-8,10-12,14-20,24,28-32,36,38,41,43,45-51,53-55,57-76H2,1-4H3,(H,89,90)(H,91,92)/b13-9-,25-21-,26-22-,27-23-,37-33-,39-34-,40-35-,44-42-,56-52-. The maximum absolute atomic E-state index is 13.1. The molecule has 0 heterocycles. The summed E-state index contributed by atoms with van der Waals surface area (Å²) in [4.78, 5) is 73.0. The van der Waals surface area contributed by atoms with E-state index < -0.39 is 97.5 Å². The van der Waals surface area contributed by atoms with E-state index in [1.165, 1.54) is 103 Å². The third-order valence-corrected chi connectivity index (χ3v) is 18.6. The van der Waals surface area contributed by atoms with Crippen LogP contribution in [-0.2, 0) is 65.4 Å². The maximum Gasteiger partial charge on any atom is 0.472 e. The molecule has 0 radical (unpaired) electrons. The van der Waals surface area contributed by atoms with Crippen LogP contribution in [0, 0.1) is 0 Å². The zero-order chi connectivity index (χ0) is 74.6. The minimum absolute atomic E-state index is 0.0745. The highest BCUT2D eigenvalue weighted by Gasteiger charge is 2.30. The molecule has 0 rings (SSSR count). The minimum Gasteiger partial charge on any atom is -0.462 e. The van der Waals surface area contributed by atoms with Crippen molar-refractivity contribution in [2.45, 2.75) is 354 Å². The fraction of sp³-hybridized carbons (Fsp3) is 0.735. The van der Waals surface area contributed by atoms with Crippen molar-refractivity contribution in [3.63, 3.8) is 0 Å². The summed E-state index contributed by atoms with van der Waals surface area (Å²) in [7, 11) is -9.98. The van der Waals surface area contributed by atoms with Gasteiger partial charge in [0.05, 0.1) is 26.4 Å². The number of carbonyl (C=O) groups is 4. The number of aliphatic hydroxyl groups excluding tert-OH is 1. The lowest BCUT2D eigenvalue weighted by Crippen LogP contribution is -2.30. The molecule has 102 heavy (non-hydrogen) atoms. The second-order valence-corrected chi connectivity index (χ2v) is 29.5. The third kappa shape index (κ3) is 74.0. The van der Waals surface area contributed by atoms with E-state index in [-0.39, 0.29) is 25.7 Å². The van der Waals surface area contributed by atoms with Gasteiger partial charge in [-0.3, -0.25) is 37.3 Å². The molecule has 0 fully saturated rings. The van der Waals surface area contributed by atoms with Crippen LogP contribution in [0.5, 0.6) is 0 Å². The van der Waals surface area contributed by atoms with Crippen molar-refractivity contribution >= 4 is 39.5 Å². The Bertz CT molecular complexity index is 2360. The molecule has 0 saturated heterocycles. The van der Waals surface area contributed by atoms with E-state index in [4.69, 9.17) is 37.0 Å². The third-order valence-electron chi connectivity index (χ3n) is 16.7. The van der Waals surface area contributed by atoms with Gasteiger partial charge in [0.2, 0.25) is 0 Å². The van der Waals surface area contributed by atoms with Crippen LogP contribution in [0.3, 0.4) is 0 Å². The van der Waals surface area contributed by atoms with Crippen LogP contribution in [0.15, 0.2) is 109 Å². The minimum atomic E-state index is -4.99. The second-order valence-electron chi connectivity index (χ2n) is 26.6. The number of allylic oxidation sites excluding steroid dienone is 18. The van der Waals surface area contributed by atoms with Crippen molar-refractivity contribution in [1.82, 2.24) is 0 Å². The molecular weight excluding hydrogens is 1330 g/mol. The number of phosphoric ester groups is 2. The molecule has 3 N–H and O–H groups in total. The van der Waals surface area contributed by atoms with Gasteiger partial charge in [-0.2, -0.15) is 0 Å². The molecule has 0 aromatic rings. The van der Waals surface area contributed by atoms with Crippen LogP contribution in [0.1, 0.15) is 336 Å². The Morgan fingerprint density at radius 3 is 0.843 bits per heavy atom. The molecule has 0 aliphatic rings. The van der Waals surface area contributed by atoms with Gasteiger partial charge in [-0.1, -0.05) is 291 Å². The zero-order valence-corrected chi connectivity index (χ0v) is 66.0. The van der Waals surface area contributed by atoms with Crippen molar-refractivity contribution in [3.05, 3.63) is 109 Å². The van der Waals surface area contributed by atoms with Crippen LogP contribution < -0.4 is 0 Å². The summed E-state index contributed by atoms with van der Waals surface area (Å²) < 4.78 is 68.6. The van der Waals surface area contributed by atoms with Gasteiger partial charge < -0.3 is 33.8 Å². The summed E-state index contributed by atoms with van der Waals surface area (Å²) in [6.07, 6.45) is 80.7. The van der Waals surface area contributed by atoms with E-state index >= 15 is 0 Å². The molecule has 19 heteroatoms. The summed E-state index contributed by atoms with van der Waals surface area (Å²) in [6, 6.07) is 0. The normalized spacial score (nSPS) is 14.5. The van der Waals surface area contributed by atoms with Gasteiger partial charge in [0.15, 0.2) is 12.2 Å². The van der Waals surface area contributed by atoms with Gasteiger partial charge >= 0.3 is 39.5 Å². The Kier molecular flexibility index (Phi) is 71.8. The topological polar surface area (TPSA) is 237 Å². The Balaban J connectivity index is 5.42. The van der Waals surface area contributed by atoms with E-state index in [1.54, 1.807) is 0 Å². The van der Waals surface area contributed by atoms with Crippen molar-refractivity contribution < 1.29 is 80.2 Å². The number of ether oxygens (including phenoxy) is 4. The molecule has 0 aliphatic carbocycles. The lowest BCUT2D eigenvalue weighted by atomic mass is 10.0. The van der Waals surface area contributed by atoms with Gasteiger partial charge in [-0.05, 0) is 128 Å². The first-order chi connectivity index (χ1) is 49.7. The van der Waals surface area contributed by atoms with Gasteiger partial charge in [0.1, 0.15) is 19.3 Å². The summed E-state index contributed by atoms with van der Waals surface area (Å²) in [6.45, 7) is 4.65. The number of unbranched alkanes of at least 4 members (excludes halogenated alkanes) is 31. The molecule has 17 nitrogen and oxygen atoms in total. The van der Waals surface area contributed by atoms with E-state index in [9.17, 15) is 43.2 Å². The molecule has 0 aromatic heterocycles. The van der Waals surface area contributed by atoms with E-state index in [2.05, 4.69) is 125 Å². The van der Waals surface area contributed by atoms with Gasteiger partial charge in [-0.25, -0.2) is 9.13 Å². The van der Waals surface area contributed by atoms with Crippen LogP contribution >= 0.6 is 15.6 Å². The number of phosphoric acid groups is 2. The number of carbonyl (C=O) groups excluding carboxylic acids is 4.